The maximum absolute atomic E-state index is 10.7. The molecular formula is C11H15NO4S. The first-order valence-electron chi connectivity index (χ1n) is 5.33. The fourth-order valence-electron chi connectivity index (χ4n) is 1.25. The third kappa shape index (κ3) is 4.62. The summed E-state index contributed by atoms with van der Waals surface area (Å²) < 4.78 is 5.28. The number of rotatable bonds is 7. The van der Waals surface area contributed by atoms with Crippen LogP contribution in [0.25, 0.3) is 0 Å². The average molecular weight is 257 g/mol. The number of nitro benzene ring substituents is 1. The van der Waals surface area contributed by atoms with Crippen LogP contribution in [0, 0.1) is 10.1 Å². The summed E-state index contributed by atoms with van der Waals surface area (Å²) in [5.41, 5.74) is 0.0300. The molecule has 0 heterocycles. The molecule has 0 spiro atoms. The molecule has 1 N–H and O–H groups in total. The largest absolute Gasteiger partial charge is 0.494 e. The molecule has 17 heavy (non-hydrogen) atoms. The Bertz CT molecular complexity index is 384. The van der Waals surface area contributed by atoms with Gasteiger partial charge in [-0.15, -0.1) is 11.8 Å². The molecule has 0 atom stereocenters. The predicted molar refractivity (Wildman–Crippen MR) is 66.7 cm³/mol. The van der Waals surface area contributed by atoms with Crippen molar-refractivity contribution in [1.29, 1.82) is 0 Å². The van der Waals surface area contributed by atoms with E-state index in [0.29, 0.717) is 18.8 Å². The van der Waals surface area contributed by atoms with Crippen LogP contribution in [-0.4, -0.2) is 29.0 Å². The predicted octanol–water partition coefficient (Wildman–Crippen LogP) is 2.47. The quantitative estimate of drug-likeness (QED) is 0.351. The summed E-state index contributed by atoms with van der Waals surface area (Å²) >= 11 is 1.47. The Morgan fingerprint density at radius 3 is 2.82 bits per heavy atom. The van der Waals surface area contributed by atoms with E-state index in [0.717, 1.165) is 10.6 Å². The van der Waals surface area contributed by atoms with E-state index in [1.165, 1.54) is 23.9 Å². The molecule has 94 valence electrons. The summed E-state index contributed by atoms with van der Waals surface area (Å²) in [7, 11) is 0. The van der Waals surface area contributed by atoms with E-state index in [1.807, 2.05) is 6.92 Å². The van der Waals surface area contributed by atoms with Gasteiger partial charge in [-0.3, -0.25) is 10.1 Å². The number of nitrogens with zero attached hydrogens (tertiary/aromatic N) is 1. The molecule has 0 amide bonds. The lowest BCUT2D eigenvalue weighted by atomic mass is 10.3. The van der Waals surface area contributed by atoms with Gasteiger partial charge in [0.05, 0.1) is 17.6 Å². The zero-order chi connectivity index (χ0) is 12.7. The summed E-state index contributed by atoms with van der Waals surface area (Å²) in [6.45, 7) is 2.43. The van der Waals surface area contributed by atoms with Gasteiger partial charge >= 0.3 is 0 Å². The molecule has 0 aliphatic rings. The number of hydrogen-bond acceptors (Lipinski definition) is 5. The average Bonchev–Trinajstić information content (AvgIpc) is 2.29. The Hall–Kier alpha value is -1.27. The molecule has 0 radical (unpaired) electrons. The van der Waals surface area contributed by atoms with E-state index >= 15 is 0 Å². The third-order valence-electron chi connectivity index (χ3n) is 1.96. The molecule has 0 saturated heterocycles. The van der Waals surface area contributed by atoms with Crippen molar-refractivity contribution in [3.8, 4) is 5.75 Å². The fourth-order valence-corrected chi connectivity index (χ4v) is 2.16. The van der Waals surface area contributed by atoms with Gasteiger partial charge in [-0.25, -0.2) is 0 Å². The van der Waals surface area contributed by atoms with Crippen LogP contribution >= 0.6 is 11.8 Å². The van der Waals surface area contributed by atoms with Crippen LogP contribution in [0.4, 0.5) is 5.69 Å². The molecule has 1 rings (SSSR count). The number of hydrogen-bond donors (Lipinski definition) is 1. The second kappa shape index (κ2) is 7.13. The maximum atomic E-state index is 10.7. The van der Waals surface area contributed by atoms with Crippen molar-refractivity contribution in [3.05, 3.63) is 28.3 Å². The van der Waals surface area contributed by atoms with Crippen LogP contribution in [0.1, 0.15) is 13.3 Å². The smallest absolute Gasteiger partial charge is 0.274 e. The zero-order valence-electron chi connectivity index (χ0n) is 9.59. The minimum atomic E-state index is -0.432. The first kappa shape index (κ1) is 13.8. The highest BCUT2D eigenvalue weighted by Gasteiger charge is 2.10. The molecule has 0 aromatic heterocycles. The van der Waals surface area contributed by atoms with Gasteiger partial charge in [0, 0.05) is 23.3 Å². The van der Waals surface area contributed by atoms with E-state index in [4.69, 9.17) is 9.84 Å². The number of nitro groups is 1. The molecular weight excluding hydrogens is 242 g/mol. The van der Waals surface area contributed by atoms with Crippen LogP contribution < -0.4 is 4.74 Å². The first-order valence-corrected chi connectivity index (χ1v) is 6.32. The highest BCUT2D eigenvalue weighted by atomic mass is 32.2. The van der Waals surface area contributed by atoms with Crippen molar-refractivity contribution in [2.24, 2.45) is 0 Å². The van der Waals surface area contributed by atoms with Crippen LogP contribution in [0.15, 0.2) is 23.1 Å². The topological polar surface area (TPSA) is 72.6 Å². The monoisotopic (exact) mass is 257 g/mol. The summed E-state index contributed by atoms with van der Waals surface area (Å²) in [4.78, 5) is 11.1. The van der Waals surface area contributed by atoms with Crippen molar-refractivity contribution < 1.29 is 14.8 Å². The maximum Gasteiger partial charge on any atom is 0.274 e. The molecule has 0 aliphatic heterocycles. The number of benzene rings is 1. The van der Waals surface area contributed by atoms with Crippen LogP contribution in [0.5, 0.6) is 5.75 Å². The zero-order valence-corrected chi connectivity index (χ0v) is 10.4. The molecule has 1 aromatic carbocycles. The van der Waals surface area contributed by atoms with Crippen molar-refractivity contribution in [2.45, 2.75) is 18.2 Å². The normalized spacial score (nSPS) is 10.2. The molecule has 6 heteroatoms. The number of ether oxygens (including phenoxy) is 1. The van der Waals surface area contributed by atoms with Crippen LogP contribution in [-0.2, 0) is 0 Å². The number of non-ortho nitro benzene ring substituents is 1. The number of aliphatic hydroxyl groups excluding tert-OH is 1. The highest BCUT2D eigenvalue weighted by Crippen LogP contribution is 2.29. The van der Waals surface area contributed by atoms with Crippen molar-refractivity contribution in [1.82, 2.24) is 0 Å². The molecule has 0 unspecified atom stereocenters. The van der Waals surface area contributed by atoms with E-state index in [9.17, 15) is 10.1 Å². The summed E-state index contributed by atoms with van der Waals surface area (Å²) in [6.07, 6.45) is 0.664. The van der Waals surface area contributed by atoms with Gasteiger partial charge in [0.1, 0.15) is 5.75 Å². The van der Waals surface area contributed by atoms with Gasteiger partial charge in [-0.2, -0.15) is 0 Å². The summed E-state index contributed by atoms with van der Waals surface area (Å²) in [6, 6.07) is 4.71. The Labute approximate surface area is 104 Å². The van der Waals surface area contributed by atoms with E-state index < -0.39 is 4.92 Å². The van der Waals surface area contributed by atoms with E-state index in [1.54, 1.807) is 6.07 Å². The Morgan fingerprint density at radius 1 is 1.47 bits per heavy atom. The SMILES string of the molecule is CCOc1cc(SCCCO)cc([N+](=O)[O-])c1. The van der Waals surface area contributed by atoms with Gasteiger partial charge in [0.15, 0.2) is 0 Å². The van der Waals surface area contributed by atoms with Crippen LogP contribution in [0.2, 0.25) is 0 Å². The number of thioether (sulfide) groups is 1. The molecule has 0 saturated carbocycles. The van der Waals surface area contributed by atoms with E-state index in [2.05, 4.69) is 0 Å². The van der Waals surface area contributed by atoms with Gasteiger partial charge in [-0.05, 0) is 19.4 Å². The van der Waals surface area contributed by atoms with Crippen molar-refractivity contribution >= 4 is 17.4 Å². The number of aliphatic hydroxyl groups is 1. The molecule has 0 bridgehead atoms. The third-order valence-corrected chi connectivity index (χ3v) is 3.02. The second-order valence-electron chi connectivity index (χ2n) is 3.28. The fraction of sp³-hybridized carbons (Fsp3) is 0.455. The Kier molecular flexibility index (Phi) is 5.79. The second-order valence-corrected chi connectivity index (χ2v) is 4.45. The molecule has 5 nitrogen and oxygen atoms in total. The van der Waals surface area contributed by atoms with Crippen molar-refractivity contribution in [2.75, 3.05) is 19.0 Å². The Balaban J connectivity index is 2.83. The van der Waals surface area contributed by atoms with Gasteiger partial charge in [0.2, 0.25) is 0 Å². The van der Waals surface area contributed by atoms with E-state index in [-0.39, 0.29) is 12.3 Å². The summed E-state index contributed by atoms with van der Waals surface area (Å²) in [5, 5.41) is 19.4. The molecule has 1 aromatic rings. The molecule has 0 fully saturated rings. The highest BCUT2D eigenvalue weighted by molar-refractivity contribution is 7.99. The Morgan fingerprint density at radius 2 is 2.24 bits per heavy atom. The lowest BCUT2D eigenvalue weighted by Crippen LogP contribution is -1.95. The standard InChI is InChI=1S/C11H15NO4S/c1-2-16-10-6-9(12(14)15)7-11(8-10)17-5-3-4-13/h6-8,13H,2-5H2,1H3. The minimum Gasteiger partial charge on any atom is -0.494 e. The van der Waals surface area contributed by atoms with Crippen LogP contribution in [0.3, 0.4) is 0 Å². The van der Waals surface area contributed by atoms with Gasteiger partial charge in [0.25, 0.3) is 5.69 Å². The molecule has 0 aliphatic carbocycles. The van der Waals surface area contributed by atoms with Crippen molar-refractivity contribution in [3.63, 3.8) is 0 Å². The van der Waals surface area contributed by atoms with Gasteiger partial charge < -0.3 is 9.84 Å². The first-order chi connectivity index (χ1) is 8.17. The minimum absolute atomic E-state index is 0.0300. The lowest BCUT2D eigenvalue weighted by Gasteiger charge is -2.06. The lowest BCUT2D eigenvalue weighted by molar-refractivity contribution is -0.385. The summed E-state index contributed by atoms with van der Waals surface area (Å²) in [5.74, 6) is 1.23. The van der Waals surface area contributed by atoms with Gasteiger partial charge in [-0.1, -0.05) is 0 Å².